The van der Waals surface area contributed by atoms with Crippen molar-refractivity contribution in [3.63, 3.8) is 0 Å². The highest BCUT2D eigenvalue weighted by atomic mass is 79.9. The van der Waals surface area contributed by atoms with Crippen molar-refractivity contribution in [3.05, 3.63) is 105 Å². The van der Waals surface area contributed by atoms with Crippen molar-refractivity contribution in [1.29, 1.82) is 0 Å². The van der Waals surface area contributed by atoms with Crippen molar-refractivity contribution in [2.75, 3.05) is 13.2 Å². The zero-order chi connectivity index (χ0) is 37.9. The third-order valence-corrected chi connectivity index (χ3v) is 10.1. The molecule has 0 spiro atoms. The number of benzene rings is 2. The maximum atomic E-state index is 11.8. The SMILES string of the molecule is CCOC(Oc1cccc(-c2c3nc(c(Br)c4ccc([nH]4)c(-c4cccc(OC(OCC)C(=O)O)c4)c4nc(c(Br)c5ccc2[nH]5)C=C4)C=C3)c1)C(=O)O. The summed E-state index contributed by atoms with van der Waals surface area (Å²) in [6.45, 7) is 3.74. The van der Waals surface area contributed by atoms with Crippen molar-refractivity contribution in [2.45, 2.75) is 26.4 Å². The minimum absolute atomic E-state index is 0.170. The quantitative estimate of drug-likeness (QED) is 0.0870. The Morgan fingerprint density at radius 3 is 1.39 bits per heavy atom. The van der Waals surface area contributed by atoms with E-state index in [-0.39, 0.29) is 13.2 Å². The van der Waals surface area contributed by atoms with Crippen molar-refractivity contribution < 1.29 is 38.7 Å². The van der Waals surface area contributed by atoms with E-state index in [2.05, 4.69) is 41.8 Å². The molecule has 2 aromatic carbocycles. The first-order valence-corrected chi connectivity index (χ1v) is 18.4. The van der Waals surface area contributed by atoms with Crippen LogP contribution in [0.2, 0.25) is 0 Å². The summed E-state index contributed by atoms with van der Waals surface area (Å²) in [6.07, 6.45) is 4.73. The van der Waals surface area contributed by atoms with Crippen LogP contribution in [0.5, 0.6) is 11.5 Å². The maximum absolute atomic E-state index is 11.8. The Bertz CT molecular complexity index is 2330. The Balaban J connectivity index is 1.44. The summed E-state index contributed by atoms with van der Waals surface area (Å²) in [7, 11) is 0. The Kier molecular flexibility index (Phi) is 10.8. The second-order valence-corrected chi connectivity index (χ2v) is 13.5. The fourth-order valence-electron chi connectivity index (χ4n) is 6.06. The molecule has 2 aliphatic heterocycles. The second kappa shape index (κ2) is 15.8. The van der Waals surface area contributed by atoms with Gasteiger partial charge in [0.1, 0.15) is 11.5 Å². The Morgan fingerprint density at radius 2 is 1.00 bits per heavy atom. The summed E-state index contributed by atoms with van der Waals surface area (Å²) in [6, 6.07) is 22.0. The van der Waals surface area contributed by atoms with E-state index in [4.69, 9.17) is 28.9 Å². The van der Waals surface area contributed by atoms with Gasteiger partial charge in [-0.05, 0) is 130 Å². The predicted molar refractivity (Wildman–Crippen MR) is 212 cm³/mol. The molecular weight excluding hydrogens is 824 g/mol. The third-order valence-electron chi connectivity index (χ3n) is 8.40. The summed E-state index contributed by atoms with van der Waals surface area (Å²) < 4.78 is 23.4. The summed E-state index contributed by atoms with van der Waals surface area (Å²) in [4.78, 5) is 40.6. The van der Waals surface area contributed by atoms with Crippen molar-refractivity contribution in [1.82, 2.24) is 19.9 Å². The van der Waals surface area contributed by atoms with Crippen LogP contribution in [0, 0.1) is 0 Å². The molecule has 0 fully saturated rings. The number of hydrogen-bond acceptors (Lipinski definition) is 8. The van der Waals surface area contributed by atoms with Gasteiger partial charge in [-0.3, -0.25) is 0 Å². The monoisotopic (exact) mass is 854 g/mol. The van der Waals surface area contributed by atoms with Crippen LogP contribution < -0.4 is 9.47 Å². The summed E-state index contributed by atoms with van der Waals surface area (Å²) >= 11 is 7.57. The van der Waals surface area contributed by atoms with E-state index in [0.717, 1.165) is 44.3 Å². The second-order valence-electron chi connectivity index (χ2n) is 11.9. The number of carboxylic acid groups (broad SMARTS) is 2. The lowest BCUT2D eigenvalue weighted by molar-refractivity contribution is -0.170. The van der Waals surface area contributed by atoms with Crippen LogP contribution in [-0.2, 0) is 19.1 Å². The van der Waals surface area contributed by atoms with Gasteiger partial charge in [0.2, 0.25) is 0 Å². The maximum Gasteiger partial charge on any atom is 0.373 e. The van der Waals surface area contributed by atoms with E-state index in [1.165, 1.54) is 0 Å². The summed E-state index contributed by atoms with van der Waals surface area (Å²) in [5.74, 6) is -1.82. The minimum Gasteiger partial charge on any atom is -0.477 e. The molecule has 0 aliphatic carbocycles. The lowest BCUT2D eigenvalue weighted by atomic mass is 10.0. The van der Waals surface area contributed by atoms with E-state index in [1.807, 2.05) is 60.7 Å². The molecule has 0 saturated carbocycles. The largest absolute Gasteiger partial charge is 0.477 e. The van der Waals surface area contributed by atoms with Gasteiger partial charge < -0.3 is 39.1 Å². The molecule has 2 atom stereocenters. The van der Waals surface area contributed by atoms with Gasteiger partial charge in [-0.15, -0.1) is 0 Å². The molecule has 5 heterocycles. The molecule has 54 heavy (non-hydrogen) atoms. The molecular formula is C40H32Br2N4O8. The van der Waals surface area contributed by atoms with E-state index in [9.17, 15) is 19.8 Å². The predicted octanol–water partition coefficient (Wildman–Crippen LogP) is 9.17. The molecule has 0 radical (unpaired) electrons. The first kappa shape index (κ1) is 36.8. The molecule has 4 N–H and O–H groups in total. The van der Waals surface area contributed by atoms with Gasteiger partial charge in [-0.2, -0.15) is 0 Å². The molecule has 0 saturated heterocycles. The highest BCUT2D eigenvalue weighted by Gasteiger charge is 2.22. The van der Waals surface area contributed by atoms with Gasteiger partial charge in [-0.1, -0.05) is 24.3 Å². The van der Waals surface area contributed by atoms with Crippen LogP contribution in [0.4, 0.5) is 0 Å². The average Bonchev–Trinajstić information content (AvgIpc) is 4.00. The van der Waals surface area contributed by atoms with E-state index in [1.54, 1.807) is 50.2 Å². The van der Waals surface area contributed by atoms with Crippen LogP contribution in [-0.4, -0.2) is 67.9 Å². The van der Waals surface area contributed by atoms with Crippen molar-refractivity contribution in [2.24, 2.45) is 0 Å². The summed E-state index contributed by atoms with van der Waals surface area (Å²) in [5, 5.41) is 19.2. The first-order chi connectivity index (χ1) is 26.1. The Hall–Kier alpha value is -5.54. The number of carbonyl (C=O) groups is 2. The lowest BCUT2D eigenvalue weighted by Crippen LogP contribution is -2.30. The van der Waals surface area contributed by atoms with E-state index in [0.29, 0.717) is 43.2 Å². The molecule has 2 unspecified atom stereocenters. The Labute approximate surface area is 325 Å². The molecule has 3 aromatic heterocycles. The topological polar surface area (TPSA) is 169 Å². The zero-order valence-electron chi connectivity index (χ0n) is 28.8. The average molecular weight is 857 g/mol. The number of H-pyrrole nitrogens is 2. The van der Waals surface area contributed by atoms with Crippen LogP contribution >= 0.6 is 31.9 Å². The molecule has 2 aliphatic rings. The number of aromatic amines is 2. The molecule has 5 aromatic rings. The highest BCUT2D eigenvalue weighted by molar-refractivity contribution is 9.11. The van der Waals surface area contributed by atoms with Crippen molar-refractivity contribution in [3.8, 4) is 33.8 Å². The van der Waals surface area contributed by atoms with Crippen LogP contribution in [0.15, 0.2) is 81.7 Å². The van der Waals surface area contributed by atoms with Crippen LogP contribution in [0.3, 0.4) is 0 Å². The number of halogens is 2. The van der Waals surface area contributed by atoms with Gasteiger partial charge in [0.05, 0.1) is 42.8 Å². The number of aromatic nitrogens is 4. The highest BCUT2D eigenvalue weighted by Crippen LogP contribution is 2.37. The van der Waals surface area contributed by atoms with Gasteiger partial charge >= 0.3 is 11.9 Å². The molecule has 12 nitrogen and oxygen atoms in total. The number of rotatable bonds is 12. The van der Waals surface area contributed by atoms with Gasteiger partial charge in [0.25, 0.3) is 12.6 Å². The normalized spacial score (nSPS) is 13.1. The van der Waals surface area contributed by atoms with Crippen LogP contribution in [0.25, 0.3) is 68.6 Å². The van der Waals surface area contributed by atoms with Gasteiger partial charge in [0.15, 0.2) is 0 Å². The van der Waals surface area contributed by atoms with Gasteiger partial charge in [-0.25, -0.2) is 19.6 Å². The molecule has 274 valence electrons. The van der Waals surface area contributed by atoms with E-state index < -0.39 is 24.5 Å². The first-order valence-electron chi connectivity index (χ1n) is 16.8. The molecule has 0 amide bonds. The van der Waals surface area contributed by atoms with Crippen molar-refractivity contribution >= 4 is 90.2 Å². The van der Waals surface area contributed by atoms with Crippen LogP contribution in [0.1, 0.15) is 36.6 Å². The lowest BCUT2D eigenvalue weighted by Gasteiger charge is -2.15. The zero-order valence-corrected chi connectivity index (χ0v) is 32.0. The number of ether oxygens (including phenoxy) is 4. The fourth-order valence-corrected chi connectivity index (χ4v) is 6.96. The smallest absolute Gasteiger partial charge is 0.373 e. The van der Waals surface area contributed by atoms with E-state index >= 15 is 0 Å². The standard InChI is InChI=1S/C40H32Br2N4O8/c1-3-51-39(37(47)48)53-23-9-5-7-21(19-23)33-25-11-15-29(43-25)35(41)31-17-13-27(45-31)34(22-8-6-10-24(20-22)54-40(38(49)50)52-4-2)28-14-18-32(46-28)36(42)30-16-12-26(33)44-30/h5-20,39-40,43,46H,3-4H2,1-2H3,(H,47,48)(H,49,50). The fraction of sp³-hybridized carbons (Fsp3) is 0.150. The summed E-state index contributed by atoms with van der Waals surface area (Å²) in [5.41, 5.74) is 8.62. The number of nitrogens with zero attached hydrogens (tertiary/aromatic N) is 2. The van der Waals surface area contributed by atoms with Gasteiger partial charge in [0, 0.05) is 35.4 Å². The number of nitrogens with one attached hydrogen (secondary N) is 2. The third kappa shape index (κ3) is 7.59. The number of hydrogen-bond donors (Lipinski definition) is 4. The number of aliphatic carboxylic acids is 2. The minimum atomic E-state index is -1.46. The molecule has 7 rings (SSSR count). The molecule has 8 bridgehead atoms. The number of fused-ring (bicyclic) bond motifs is 8. The number of carboxylic acids is 2. The molecule has 14 heteroatoms. The Morgan fingerprint density at radius 1 is 0.611 bits per heavy atom.